The molecule has 0 unspecified atom stereocenters. The summed E-state index contributed by atoms with van der Waals surface area (Å²) in [4.78, 5) is 3.74. The van der Waals surface area contributed by atoms with E-state index in [9.17, 15) is 0 Å². The third-order valence-electron chi connectivity index (χ3n) is 4.20. The van der Waals surface area contributed by atoms with Gasteiger partial charge in [-0.25, -0.2) is 0 Å². The van der Waals surface area contributed by atoms with Gasteiger partial charge in [0.15, 0.2) is 0 Å². The van der Waals surface area contributed by atoms with Gasteiger partial charge >= 0.3 is 157 Å². The van der Waals surface area contributed by atoms with E-state index < -0.39 is 0 Å². The Labute approximate surface area is 156 Å². The molecule has 0 N–H and O–H groups in total. The number of aromatic nitrogens is 1. The summed E-state index contributed by atoms with van der Waals surface area (Å²) in [5.74, 6) is 0. The molecule has 3 aromatic rings. The topological polar surface area (TPSA) is 7.12 Å². The molecule has 0 fully saturated rings. The minimum absolute atomic E-state index is 0.261. The second-order valence-electron chi connectivity index (χ2n) is 5.65. The number of allylic oxidation sites excluding steroid dienone is 2. The van der Waals surface area contributed by atoms with Crippen molar-refractivity contribution in [2.45, 2.75) is 11.8 Å². The van der Waals surface area contributed by atoms with Gasteiger partial charge in [-0.1, -0.05) is 0 Å². The van der Waals surface area contributed by atoms with Crippen LogP contribution in [0.1, 0.15) is 10.6 Å². The van der Waals surface area contributed by atoms with Gasteiger partial charge in [-0.2, -0.15) is 0 Å². The predicted molar refractivity (Wildman–Crippen MR) is 105 cm³/mol. The van der Waals surface area contributed by atoms with E-state index in [1.165, 1.54) is 28.2 Å². The zero-order chi connectivity index (χ0) is 16.5. The Morgan fingerprint density at radius 2 is 1.92 bits per heavy atom. The van der Waals surface area contributed by atoms with Crippen LogP contribution in [0.5, 0.6) is 0 Å². The Hall–Kier alpha value is -1.47. The van der Waals surface area contributed by atoms with Crippen molar-refractivity contribution >= 4 is 52.9 Å². The van der Waals surface area contributed by atoms with Crippen molar-refractivity contribution in [3.8, 4) is 0 Å². The number of nitrogens with zero attached hydrogens (tertiary/aromatic N) is 2. The Bertz CT molecular complexity index is 955. The zero-order valence-electron chi connectivity index (χ0n) is 13.8. The van der Waals surface area contributed by atoms with Crippen LogP contribution in [0.2, 0.25) is 0 Å². The van der Waals surface area contributed by atoms with Gasteiger partial charge in [0, 0.05) is 0 Å². The van der Waals surface area contributed by atoms with Crippen molar-refractivity contribution in [2.75, 3.05) is 11.4 Å². The molecule has 0 radical (unpaired) electrons. The molecule has 2 heterocycles. The molecule has 1 aromatic heterocycles. The molecule has 2 aromatic carbocycles. The van der Waals surface area contributed by atoms with Gasteiger partial charge in [-0.05, 0) is 0 Å². The first-order valence-electron chi connectivity index (χ1n) is 8.08. The van der Waals surface area contributed by atoms with Crippen LogP contribution in [0.15, 0.2) is 70.6 Å². The average Bonchev–Trinajstić information content (AvgIpc) is 3.13. The monoisotopic (exact) mass is 449 g/mol. The third kappa shape index (κ3) is 2.84. The summed E-state index contributed by atoms with van der Waals surface area (Å²) in [6.07, 6.45) is 6.77. The van der Waals surface area contributed by atoms with Gasteiger partial charge in [-0.3, -0.25) is 0 Å². The standard InChI is InChI=1S/C20H19N2STe/c1-3-22-15-9-4-6-11-17(15)23-19(22)13-8-14-20-21(2)16-10-5-7-12-18(16)24-20/h4-14H,3H2,1-2H3/q+1. The van der Waals surface area contributed by atoms with E-state index in [1.807, 2.05) is 11.8 Å². The molecule has 1 aliphatic rings. The second-order valence-corrected chi connectivity index (χ2v) is 9.74. The van der Waals surface area contributed by atoms with Crippen molar-refractivity contribution in [3.05, 3.63) is 69.4 Å². The molecule has 0 spiro atoms. The van der Waals surface area contributed by atoms with E-state index in [1.54, 1.807) is 0 Å². The van der Waals surface area contributed by atoms with Crippen molar-refractivity contribution in [1.29, 1.82) is 0 Å². The molecule has 24 heavy (non-hydrogen) atoms. The number of aryl methyl sites for hydroxylation is 1. The second kappa shape index (κ2) is 6.80. The average molecular weight is 447 g/mol. The molecule has 2 nitrogen and oxygen atoms in total. The maximum absolute atomic E-state index is 2.39. The third-order valence-corrected chi connectivity index (χ3v) is 8.71. The fourth-order valence-electron chi connectivity index (χ4n) is 2.98. The first-order valence-corrected chi connectivity index (χ1v) is 11.2. The quantitative estimate of drug-likeness (QED) is 0.439. The first-order chi connectivity index (χ1) is 11.8. The number of hydrogen-bond donors (Lipinski definition) is 0. The first kappa shape index (κ1) is 16.0. The molecule has 0 bridgehead atoms. The van der Waals surface area contributed by atoms with Crippen LogP contribution in [-0.2, 0) is 7.05 Å². The summed E-state index contributed by atoms with van der Waals surface area (Å²) in [5, 5.41) is 1.31. The summed E-state index contributed by atoms with van der Waals surface area (Å²) in [6.45, 7) is 3.21. The number of anilines is 1. The summed E-state index contributed by atoms with van der Waals surface area (Å²) < 4.78 is 5.36. The predicted octanol–water partition coefficient (Wildman–Crippen LogP) is 4.21. The molecule has 0 saturated carbocycles. The molecule has 1 aliphatic heterocycles. The maximum atomic E-state index is 2.39. The van der Waals surface area contributed by atoms with E-state index in [0.29, 0.717) is 0 Å². The van der Waals surface area contributed by atoms with Gasteiger partial charge in [0.1, 0.15) is 0 Å². The molecule has 4 heteroatoms. The number of benzene rings is 2. The molecule has 4 rings (SSSR count). The van der Waals surface area contributed by atoms with Crippen molar-refractivity contribution < 1.29 is 4.57 Å². The van der Waals surface area contributed by atoms with Crippen LogP contribution in [0, 0.1) is 0 Å². The van der Waals surface area contributed by atoms with E-state index in [2.05, 4.69) is 90.2 Å². The molecule has 0 amide bonds. The van der Waals surface area contributed by atoms with E-state index in [-0.39, 0.29) is 20.4 Å². The number of fused-ring (bicyclic) bond motifs is 2. The molecule has 0 atom stereocenters. The van der Waals surface area contributed by atoms with Crippen LogP contribution in [0.4, 0.5) is 5.69 Å². The fraction of sp³-hybridized carbons (Fsp3) is 0.150. The van der Waals surface area contributed by atoms with Gasteiger partial charge < -0.3 is 0 Å². The summed E-state index contributed by atoms with van der Waals surface area (Å²) in [7, 11) is 2.18. The van der Waals surface area contributed by atoms with Gasteiger partial charge in [-0.15, -0.1) is 0 Å². The van der Waals surface area contributed by atoms with Crippen molar-refractivity contribution in [2.24, 2.45) is 7.05 Å². The summed E-state index contributed by atoms with van der Waals surface area (Å²) in [6, 6.07) is 17.4. The Balaban J connectivity index is 1.62. The molecular formula is C20H19N2STe+. The molecule has 0 aliphatic carbocycles. The van der Waals surface area contributed by atoms with Gasteiger partial charge in [0.25, 0.3) is 0 Å². The van der Waals surface area contributed by atoms with E-state index in [0.717, 1.165) is 6.54 Å². The molecule has 0 saturated heterocycles. The van der Waals surface area contributed by atoms with Crippen molar-refractivity contribution in [1.82, 2.24) is 0 Å². The fourth-order valence-corrected chi connectivity index (χ4v) is 7.16. The number of para-hydroxylation sites is 2. The van der Waals surface area contributed by atoms with E-state index in [4.69, 9.17) is 0 Å². The van der Waals surface area contributed by atoms with Crippen LogP contribution >= 0.6 is 11.8 Å². The SMILES string of the molecule is CCN1/C(=C\C=Cc2[te]c3ccccc3[n+]2C)Sc2ccccc21. The zero-order valence-corrected chi connectivity index (χ0v) is 16.9. The molecular weight excluding hydrogens is 428 g/mol. The Kier molecular flexibility index (Phi) is 4.54. The Morgan fingerprint density at radius 3 is 2.75 bits per heavy atom. The van der Waals surface area contributed by atoms with Crippen LogP contribution < -0.4 is 9.47 Å². The molecule has 120 valence electrons. The van der Waals surface area contributed by atoms with Crippen LogP contribution in [0.25, 0.3) is 15.0 Å². The number of hydrogen-bond acceptors (Lipinski definition) is 2. The van der Waals surface area contributed by atoms with Crippen LogP contribution in [0.3, 0.4) is 0 Å². The summed E-state index contributed by atoms with van der Waals surface area (Å²) >= 11 is 1.60. The number of thioether (sulfide) groups is 1. The van der Waals surface area contributed by atoms with Gasteiger partial charge in [0.05, 0.1) is 0 Å². The summed E-state index contributed by atoms with van der Waals surface area (Å²) in [5.41, 5.74) is 2.71. The minimum atomic E-state index is -0.261. The normalized spacial score (nSPS) is 15.8. The van der Waals surface area contributed by atoms with Crippen LogP contribution in [-0.4, -0.2) is 27.0 Å². The number of rotatable bonds is 3. The Morgan fingerprint density at radius 1 is 1.12 bits per heavy atom. The van der Waals surface area contributed by atoms with E-state index >= 15 is 0 Å². The van der Waals surface area contributed by atoms with Crippen molar-refractivity contribution in [3.63, 3.8) is 0 Å². The van der Waals surface area contributed by atoms with Gasteiger partial charge in [0.2, 0.25) is 0 Å².